The summed E-state index contributed by atoms with van der Waals surface area (Å²) >= 11 is 0. The molecule has 31 heavy (non-hydrogen) atoms. The van der Waals surface area contributed by atoms with E-state index >= 15 is 0 Å². The fraction of sp³-hybridized carbons (Fsp3) is 0.261. The second kappa shape index (κ2) is 6.87. The van der Waals surface area contributed by atoms with Crippen molar-refractivity contribution in [3.8, 4) is 0 Å². The van der Waals surface area contributed by atoms with Crippen LogP contribution < -0.4 is 10.6 Å². The highest BCUT2D eigenvalue weighted by Crippen LogP contribution is 2.41. The first-order valence-electron chi connectivity index (χ1n) is 10.6. The quantitative estimate of drug-likeness (QED) is 0.320. The van der Waals surface area contributed by atoms with Gasteiger partial charge in [-0.1, -0.05) is 0 Å². The highest BCUT2D eigenvalue weighted by molar-refractivity contribution is 6.10. The van der Waals surface area contributed by atoms with E-state index in [2.05, 4.69) is 30.8 Å². The van der Waals surface area contributed by atoms with Crippen molar-refractivity contribution in [2.45, 2.75) is 37.5 Å². The highest BCUT2D eigenvalue weighted by Gasteiger charge is 2.30. The Balaban J connectivity index is 1.24. The van der Waals surface area contributed by atoms with Crippen LogP contribution in [0.2, 0.25) is 0 Å². The Morgan fingerprint density at radius 3 is 2.06 bits per heavy atom. The van der Waals surface area contributed by atoms with Crippen LogP contribution >= 0.6 is 0 Å². The second-order valence-electron chi connectivity index (χ2n) is 8.40. The third-order valence-corrected chi connectivity index (χ3v) is 6.07. The van der Waals surface area contributed by atoms with E-state index < -0.39 is 0 Å². The van der Waals surface area contributed by atoms with Crippen LogP contribution in [0.15, 0.2) is 42.7 Å². The summed E-state index contributed by atoms with van der Waals surface area (Å²) in [7, 11) is 0. The number of benzene rings is 1. The Hall–Kier alpha value is -3.81. The molecule has 2 aliphatic rings. The predicted octanol–water partition coefficient (Wildman–Crippen LogP) is 4.48. The zero-order valence-electron chi connectivity index (χ0n) is 16.8. The van der Waals surface area contributed by atoms with Crippen molar-refractivity contribution in [1.29, 1.82) is 0 Å². The molecule has 3 aromatic heterocycles. The molecule has 4 aromatic rings. The Bertz CT molecular complexity index is 1300. The van der Waals surface area contributed by atoms with Gasteiger partial charge in [-0.15, -0.1) is 0 Å². The first kappa shape index (κ1) is 18.0. The summed E-state index contributed by atoms with van der Waals surface area (Å²) in [6.07, 6.45) is 8.07. The topological polar surface area (TPSA) is 118 Å². The number of fused-ring (bicyclic) bond motifs is 1. The molecular formula is C23H22N6O2. The van der Waals surface area contributed by atoms with Crippen molar-refractivity contribution < 1.29 is 9.59 Å². The summed E-state index contributed by atoms with van der Waals surface area (Å²) in [5.41, 5.74) is 4.77. The summed E-state index contributed by atoms with van der Waals surface area (Å²) in [5, 5.41) is 13.8. The van der Waals surface area contributed by atoms with Gasteiger partial charge in [0.1, 0.15) is 0 Å². The van der Waals surface area contributed by atoms with Gasteiger partial charge in [-0.2, -0.15) is 5.10 Å². The molecule has 156 valence electrons. The van der Waals surface area contributed by atoms with Crippen LogP contribution in [0.5, 0.6) is 0 Å². The number of anilines is 2. The molecule has 1 aromatic carbocycles. The lowest BCUT2D eigenvalue weighted by molar-refractivity contribution is 0.101. The Labute approximate surface area is 177 Å². The van der Waals surface area contributed by atoms with E-state index in [0.717, 1.165) is 48.0 Å². The van der Waals surface area contributed by atoms with Gasteiger partial charge >= 0.3 is 0 Å². The zero-order valence-corrected chi connectivity index (χ0v) is 16.8. The number of aromatic amines is 3. The Kier molecular flexibility index (Phi) is 3.99. The van der Waals surface area contributed by atoms with Gasteiger partial charge < -0.3 is 20.6 Å². The predicted molar refractivity (Wildman–Crippen MR) is 118 cm³/mol. The van der Waals surface area contributed by atoms with Gasteiger partial charge in [0, 0.05) is 34.9 Å². The summed E-state index contributed by atoms with van der Waals surface area (Å²) in [6, 6.07) is 9.12. The molecule has 6 rings (SSSR count). The molecule has 0 spiro atoms. The molecule has 8 nitrogen and oxygen atoms in total. The minimum Gasteiger partial charge on any atom is -0.364 e. The number of rotatable bonds is 6. The number of H-pyrrole nitrogens is 3. The average molecular weight is 414 g/mol. The van der Waals surface area contributed by atoms with Crippen LogP contribution in [0, 0.1) is 0 Å². The van der Waals surface area contributed by atoms with Gasteiger partial charge in [0.25, 0.3) is 11.8 Å². The van der Waals surface area contributed by atoms with Gasteiger partial charge in [-0.3, -0.25) is 14.7 Å². The van der Waals surface area contributed by atoms with E-state index in [0.29, 0.717) is 34.5 Å². The van der Waals surface area contributed by atoms with E-state index in [1.807, 2.05) is 30.5 Å². The largest absolute Gasteiger partial charge is 0.364 e. The third kappa shape index (κ3) is 3.30. The number of hydrogen-bond donors (Lipinski definition) is 5. The van der Waals surface area contributed by atoms with Crippen molar-refractivity contribution >= 4 is 34.2 Å². The number of nitrogens with one attached hydrogen (secondary N) is 5. The molecule has 2 amide bonds. The van der Waals surface area contributed by atoms with Crippen LogP contribution in [-0.2, 0) is 0 Å². The van der Waals surface area contributed by atoms with Crippen molar-refractivity contribution in [1.82, 2.24) is 20.2 Å². The molecule has 0 bridgehead atoms. The molecule has 0 aliphatic heterocycles. The third-order valence-electron chi connectivity index (χ3n) is 6.07. The summed E-state index contributed by atoms with van der Waals surface area (Å²) in [4.78, 5) is 32.0. The molecule has 2 aliphatic carbocycles. The molecule has 0 unspecified atom stereocenters. The number of nitrogens with zero attached hydrogens (tertiary/aromatic N) is 1. The first-order valence-corrected chi connectivity index (χ1v) is 10.6. The van der Waals surface area contributed by atoms with E-state index in [9.17, 15) is 9.59 Å². The molecule has 0 radical (unpaired) electrons. The number of aromatic nitrogens is 4. The number of hydrogen-bond acceptors (Lipinski definition) is 3. The highest BCUT2D eigenvalue weighted by atomic mass is 16.2. The van der Waals surface area contributed by atoms with Crippen molar-refractivity contribution in [2.24, 2.45) is 0 Å². The fourth-order valence-corrected chi connectivity index (χ4v) is 4.14. The van der Waals surface area contributed by atoms with E-state index in [-0.39, 0.29) is 11.8 Å². The molecule has 0 atom stereocenters. The first-order chi connectivity index (χ1) is 15.2. The molecule has 3 heterocycles. The molecular weight excluding hydrogens is 392 g/mol. The van der Waals surface area contributed by atoms with Gasteiger partial charge in [-0.25, -0.2) is 0 Å². The van der Waals surface area contributed by atoms with Crippen LogP contribution in [0.25, 0.3) is 10.9 Å². The fourth-order valence-electron chi connectivity index (χ4n) is 4.14. The molecule has 5 N–H and O–H groups in total. The lowest BCUT2D eigenvalue weighted by Gasteiger charge is -2.07. The van der Waals surface area contributed by atoms with Crippen LogP contribution in [0.4, 0.5) is 11.5 Å². The van der Waals surface area contributed by atoms with Crippen LogP contribution in [0.3, 0.4) is 0 Å². The molecule has 2 saturated carbocycles. The van der Waals surface area contributed by atoms with Gasteiger partial charge in [0.05, 0.1) is 16.6 Å². The maximum Gasteiger partial charge on any atom is 0.258 e. The lowest BCUT2D eigenvalue weighted by Crippen LogP contribution is -2.14. The average Bonchev–Trinajstić information content (AvgIpc) is 3.66. The van der Waals surface area contributed by atoms with Crippen LogP contribution in [0.1, 0.15) is 69.6 Å². The summed E-state index contributed by atoms with van der Waals surface area (Å²) < 4.78 is 0. The Morgan fingerprint density at radius 2 is 1.45 bits per heavy atom. The lowest BCUT2D eigenvalue weighted by atomic mass is 10.1. The van der Waals surface area contributed by atoms with Gasteiger partial charge in [-0.05, 0) is 67.9 Å². The zero-order chi connectivity index (χ0) is 20.9. The normalized spacial score (nSPS) is 15.9. The van der Waals surface area contributed by atoms with Gasteiger partial charge in [0.15, 0.2) is 5.82 Å². The SMILES string of the molecule is O=C(Nc1ccc2[nH]nc(NC(=O)c3cc[nH]c3C3CC3)c2c1)c1cc[nH]c1C1CC1. The standard InChI is InChI=1S/C23H22N6O2/c30-22(15-7-9-24-19(15)12-1-2-12)26-14-5-6-18-17(11-14)21(29-28-18)27-23(31)16-8-10-25-20(16)13-3-4-13/h5-13,24-25H,1-4H2,(H,26,30)(H2,27,28,29,31). The minimum atomic E-state index is -0.188. The Morgan fingerprint density at radius 1 is 0.839 bits per heavy atom. The van der Waals surface area contributed by atoms with Crippen molar-refractivity contribution in [3.63, 3.8) is 0 Å². The maximum atomic E-state index is 12.8. The molecule has 0 saturated heterocycles. The van der Waals surface area contributed by atoms with E-state index in [4.69, 9.17) is 0 Å². The second-order valence-corrected chi connectivity index (χ2v) is 8.40. The minimum absolute atomic E-state index is 0.141. The number of carbonyl (C=O) groups is 2. The molecule has 2 fully saturated rings. The summed E-state index contributed by atoms with van der Waals surface area (Å²) in [6.45, 7) is 0. The van der Waals surface area contributed by atoms with Crippen molar-refractivity contribution in [3.05, 3.63) is 65.2 Å². The summed E-state index contributed by atoms with van der Waals surface area (Å²) in [5.74, 6) is 1.02. The monoisotopic (exact) mass is 414 g/mol. The molecule has 8 heteroatoms. The van der Waals surface area contributed by atoms with Crippen molar-refractivity contribution in [2.75, 3.05) is 10.6 Å². The van der Waals surface area contributed by atoms with E-state index in [1.54, 1.807) is 12.3 Å². The van der Waals surface area contributed by atoms with Crippen LogP contribution in [-0.4, -0.2) is 32.0 Å². The maximum absolute atomic E-state index is 12.8. The number of amides is 2. The van der Waals surface area contributed by atoms with E-state index in [1.165, 1.54) is 0 Å². The smallest absolute Gasteiger partial charge is 0.258 e. The number of carbonyl (C=O) groups excluding carboxylic acids is 2. The van der Waals surface area contributed by atoms with Gasteiger partial charge in [0.2, 0.25) is 0 Å².